The van der Waals surface area contributed by atoms with Crippen LogP contribution in [0.3, 0.4) is 0 Å². The van der Waals surface area contributed by atoms with E-state index < -0.39 is 10.8 Å². The quantitative estimate of drug-likeness (QED) is 0.867. The van der Waals surface area contributed by atoms with Gasteiger partial charge in [-0.25, -0.2) is 0 Å². The highest BCUT2D eigenvalue weighted by atomic mass is 35.5. The van der Waals surface area contributed by atoms with Crippen LogP contribution in [0.15, 0.2) is 53.4 Å². The second-order valence-corrected chi connectivity index (χ2v) is 6.83. The van der Waals surface area contributed by atoms with E-state index in [9.17, 15) is 4.21 Å². The van der Waals surface area contributed by atoms with Gasteiger partial charge in [0.1, 0.15) is 0 Å². The van der Waals surface area contributed by atoms with E-state index in [2.05, 4.69) is 43.4 Å². The van der Waals surface area contributed by atoms with E-state index in [4.69, 9.17) is 11.6 Å². The van der Waals surface area contributed by atoms with E-state index >= 15 is 0 Å². The van der Waals surface area contributed by atoms with Crippen molar-refractivity contribution < 1.29 is 4.21 Å². The molecule has 0 amide bonds. The highest BCUT2D eigenvalue weighted by molar-refractivity contribution is 7.85. The molecule has 2 atom stereocenters. The third-order valence-electron chi connectivity index (χ3n) is 3.33. The first-order valence-corrected chi connectivity index (χ1v) is 8.74. The standard InChI is InChI=1S/C17H20ClNOS/c1-3-19-16(14-10-8-13(2)9-11-14)12-21(20)17-7-5-4-6-15(17)18/h4-11,16,19H,3,12H2,1-2H3. The van der Waals surface area contributed by atoms with Crippen LogP contribution in [0.4, 0.5) is 0 Å². The van der Waals surface area contributed by atoms with Gasteiger partial charge in [0.2, 0.25) is 0 Å². The van der Waals surface area contributed by atoms with Gasteiger partial charge in [-0.05, 0) is 31.2 Å². The molecule has 2 rings (SSSR count). The fraction of sp³-hybridized carbons (Fsp3) is 0.294. The summed E-state index contributed by atoms with van der Waals surface area (Å²) >= 11 is 6.13. The van der Waals surface area contributed by atoms with Crippen molar-refractivity contribution >= 4 is 22.4 Å². The smallest absolute Gasteiger partial charge is 0.0574 e. The highest BCUT2D eigenvalue weighted by Crippen LogP contribution is 2.23. The molecule has 1 N–H and O–H groups in total. The van der Waals surface area contributed by atoms with E-state index in [1.807, 2.05) is 18.2 Å². The summed E-state index contributed by atoms with van der Waals surface area (Å²) in [4.78, 5) is 0.703. The van der Waals surface area contributed by atoms with Crippen LogP contribution in [0, 0.1) is 6.92 Å². The van der Waals surface area contributed by atoms with Gasteiger partial charge in [-0.3, -0.25) is 4.21 Å². The Morgan fingerprint density at radius 2 is 1.81 bits per heavy atom. The van der Waals surface area contributed by atoms with Crippen molar-refractivity contribution in [3.63, 3.8) is 0 Å². The van der Waals surface area contributed by atoms with Gasteiger partial charge in [0.05, 0.1) is 20.7 Å². The van der Waals surface area contributed by atoms with E-state index in [-0.39, 0.29) is 6.04 Å². The Balaban J connectivity index is 2.18. The van der Waals surface area contributed by atoms with Crippen LogP contribution in [0.1, 0.15) is 24.1 Å². The zero-order valence-corrected chi connectivity index (χ0v) is 13.9. The van der Waals surface area contributed by atoms with Crippen LogP contribution in [-0.2, 0) is 10.8 Å². The van der Waals surface area contributed by atoms with E-state index in [1.54, 1.807) is 6.07 Å². The molecule has 0 aliphatic carbocycles. The zero-order chi connectivity index (χ0) is 15.2. The van der Waals surface area contributed by atoms with Crippen LogP contribution in [0.25, 0.3) is 0 Å². The van der Waals surface area contributed by atoms with Crippen molar-refractivity contribution in [1.82, 2.24) is 5.32 Å². The Labute approximate surface area is 134 Å². The van der Waals surface area contributed by atoms with Crippen LogP contribution in [0.2, 0.25) is 5.02 Å². The molecule has 0 aromatic heterocycles. The SMILES string of the molecule is CCNC(CS(=O)c1ccccc1Cl)c1ccc(C)cc1. The zero-order valence-electron chi connectivity index (χ0n) is 12.3. The average Bonchev–Trinajstić information content (AvgIpc) is 2.48. The summed E-state index contributed by atoms with van der Waals surface area (Å²) < 4.78 is 12.6. The molecular weight excluding hydrogens is 302 g/mol. The lowest BCUT2D eigenvalue weighted by molar-refractivity contribution is 0.594. The van der Waals surface area contributed by atoms with E-state index in [0.717, 1.165) is 12.1 Å². The summed E-state index contributed by atoms with van der Waals surface area (Å²) in [6.07, 6.45) is 0. The first-order chi connectivity index (χ1) is 10.1. The molecule has 21 heavy (non-hydrogen) atoms. The molecule has 0 fully saturated rings. The molecule has 0 saturated heterocycles. The second kappa shape index (κ2) is 7.74. The van der Waals surface area contributed by atoms with Crippen molar-refractivity contribution in [3.05, 3.63) is 64.7 Å². The fourth-order valence-electron chi connectivity index (χ4n) is 2.19. The minimum absolute atomic E-state index is 0.0627. The van der Waals surface area contributed by atoms with Crippen LogP contribution in [0.5, 0.6) is 0 Å². The molecule has 0 radical (unpaired) electrons. The molecule has 112 valence electrons. The fourth-order valence-corrected chi connectivity index (χ4v) is 3.89. The molecule has 2 aromatic rings. The number of halogens is 1. The van der Waals surface area contributed by atoms with Gasteiger partial charge in [-0.15, -0.1) is 0 Å². The summed E-state index contributed by atoms with van der Waals surface area (Å²) in [6, 6.07) is 15.7. The molecule has 0 aliphatic heterocycles. The highest BCUT2D eigenvalue weighted by Gasteiger charge is 2.16. The minimum atomic E-state index is -1.13. The molecule has 0 spiro atoms. The topological polar surface area (TPSA) is 29.1 Å². The molecule has 0 aliphatic rings. The van der Waals surface area contributed by atoms with E-state index in [1.165, 1.54) is 5.56 Å². The van der Waals surface area contributed by atoms with Gasteiger partial charge in [0.15, 0.2) is 0 Å². The maximum Gasteiger partial charge on any atom is 0.0574 e. The Hall–Kier alpha value is -1.16. The summed E-state index contributed by atoms with van der Waals surface area (Å²) in [7, 11) is -1.13. The van der Waals surface area contributed by atoms with Crippen molar-refractivity contribution in [2.75, 3.05) is 12.3 Å². The monoisotopic (exact) mass is 321 g/mol. The van der Waals surface area contributed by atoms with Crippen LogP contribution >= 0.6 is 11.6 Å². The predicted octanol–water partition coefficient (Wildman–Crippen LogP) is 4.11. The van der Waals surface area contributed by atoms with Crippen molar-refractivity contribution in [2.45, 2.75) is 24.8 Å². The third-order valence-corrected chi connectivity index (χ3v) is 5.25. The first kappa shape index (κ1) is 16.2. The van der Waals surface area contributed by atoms with Crippen molar-refractivity contribution in [1.29, 1.82) is 0 Å². The summed E-state index contributed by atoms with van der Waals surface area (Å²) in [5.74, 6) is 0.515. The number of hydrogen-bond acceptors (Lipinski definition) is 2. The van der Waals surface area contributed by atoms with Gasteiger partial charge in [0.25, 0.3) is 0 Å². The molecule has 0 bridgehead atoms. The molecule has 4 heteroatoms. The normalized spacial score (nSPS) is 13.9. The Kier molecular flexibility index (Phi) is 5.97. The number of nitrogens with one attached hydrogen (secondary N) is 1. The number of aryl methyl sites for hydroxylation is 1. The van der Waals surface area contributed by atoms with Gasteiger partial charge in [-0.2, -0.15) is 0 Å². The summed E-state index contributed by atoms with van der Waals surface area (Å²) in [5.41, 5.74) is 2.38. The van der Waals surface area contributed by atoms with E-state index in [0.29, 0.717) is 15.7 Å². The van der Waals surface area contributed by atoms with Crippen molar-refractivity contribution in [2.24, 2.45) is 0 Å². The number of rotatable bonds is 6. The first-order valence-electron chi connectivity index (χ1n) is 7.04. The molecule has 0 saturated carbocycles. The summed E-state index contributed by atoms with van der Waals surface area (Å²) in [5, 5.41) is 3.97. The number of benzene rings is 2. The molecular formula is C17H20ClNOS. The minimum Gasteiger partial charge on any atom is -0.309 e. The predicted molar refractivity (Wildman–Crippen MR) is 90.3 cm³/mol. The Bertz CT molecular complexity index is 612. The van der Waals surface area contributed by atoms with Gasteiger partial charge in [-0.1, -0.05) is 60.5 Å². The van der Waals surface area contributed by atoms with Crippen LogP contribution < -0.4 is 5.32 Å². The Morgan fingerprint density at radius 3 is 2.43 bits per heavy atom. The number of hydrogen-bond donors (Lipinski definition) is 1. The maximum atomic E-state index is 12.6. The molecule has 2 aromatic carbocycles. The lowest BCUT2D eigenvalue weighted by Gasteiger charge is -2.18. The van der Waals surface area contributed by atoms with Gasteiger partial charge >= 0.3 is 0 Å². The van der Waals surface area contributed by atoms with Crippen molar-refractivity contribution in [3.8, 4) is 0 Å². The third kappa shape index (κ3) is 4.40. The maximum absolute atomic E-state index is 12.6. The van der Waals surface area contributed by atoms with Gasteiger partial charge < -0.3 is 5.32 Å². The average molecular weight is 322 g/mol. The molecule has 2 nitrogen and oxygen atoms in total. The lowest BCUT2D eigenvalue weighted by Crippen LogP contribution is -2.26. The lowest BCUT2D eigenvalue weighted by atomic mass is 10.1. The Morgan fingerprint density at radius 1 is 1.14 bits per heavy atom. The summed E-state index contributed by atoms with van der Waals surface area (Å²) in [6.45, 7) is 4.95. The second-order valence-electron chi connectivity index (χ2n) is 4.96. The van der Waals surface area contributed by atoms with Crippen LogP contribution in [-0.4, -0.2) is 16.5 Å². The molecule has 0 heterocycles. The van der Waals surface area contributed by atoms with Gasteiger partial charge in [0, 0.05) is 11.8 Å². The molecule has 2 unspecified atom stereocenters. The largest absolute Gasteiger partial charge is 0.309 e.